The molecule has 1 aromatic rings. The second-order valence-electron chi connectivity index (χ2n) is 7.41. The van der Waals surface area contributed by atoms with Gasteiger partial charge in [0.1, 0.15) is 0 Å². The highest BCUT2D eigenvalue weighted by atomic mass is 35.5. The summed E-state index contributed by atoms with van der Waals surface area (Å²) in [4.78, 5) is 12.2. The van der Waals surface area contributed by atoms with E-state index in [0.717, 1.165) is 10.6 Å². The Morgan fingerprint density at radius 1 is 1.40 bits per heavy atom. The maximum atomic E-state index is 12.8. The predicted octanol–water partition coefficient (Wildman–Crippen LogP) is 4.19. The Balaban J connectivity index is 1.54. The average Bonchev–Trinajstić information content (AvgIpc) is 3.21. The Morgan fingerprint density at radius 2 is 2.12 bits per heavy atom. The van der Waals surface area contributed by atoms with E-state index in [4.69, 9.17) is 11.6 Å². The van der Waals surface area contributed by atoms with Crippen LogP contribution in [0.25, 0.3) is 0 Å². The third-order valence-electron chi connectivity index (χ3n) is 5.78. The molecule has 2 saturated carbocycles. The van der Waals surface area contributed by atoms with Gasteiger partial charge in [0.2, 0.25) is 5.91 Å². The minimum atomic E-state index is -4.59. The van der Waals surface area contributed by atoms with Gasteiger partial charge < -0.3 is 5.32 Å². The van der Waals surface area contributed by atoms with Crippen molar-refractivity contribution in [1.82, 2.24) is 15.1 Å². The lowest BCUT2D eigenvalue weighted by molar-refractivity contribution is -0.141. The number of aromatic nitrogens is 2. The van der Waals surface area contributed by atoms with Crippen molar-refractivity contribution in [3.05, 3.63) is 16.4 Å². The van der Waals surface area contributed by atoms with Crippen LogP contribution in [0, 0.1) is 24.7 Å². The summed E-state index contributed by atoms with van der Waals surface area (Å²) in [7, 11) is 0. The number of nitrogens with one attached hydrogen (secondary N) is 1. The van der Waals surface area contributed by atoms with E-state index in [2.05, 4.69) is 10.4 Å². The summed E-state index contributed by atoms with van der Waals surface area (Å²) in [5.74, 6) is 1.89. The molecule has 0 unspecified atom stereocenters. The predicted molar refractivity (Wildman–Crippen MR) is 88.1 cm³/mol. The third-order valence-corrected chi connectivity index (χ3v) is 6.23. The smallest absolute Gasteiger partial charge is 0.353 e. The summed E-state index contributed by atoms with van der Waals surface area (Å²) in [6.45, 7) is 3.58. The van der Waals surface area contributed by atoms with Gasteiger partial charge in [-0.05, 0) is 50.9 Å². The normalized spacial score (nSPS) is 26.9. The Bertz CT molecular complexity index is 658. The van der Waals surface area contributed by atoms with Crippen LogP contribution in [0.1, 0.15) is 50.4 Å². The number of fused-ring (bicyclic) bond motifs is 2. The zero-order valence-electron chi connectivity index (χ0n) is 14.4. The van der Waals surface area contributed by atoms with Crippen LogP contribution in [-0.4, -0.2) is 21.7 Å². The summed E-state index contributed by atoms with van der Waals surface area (Å²) in [6, 6.07) is 0.107. The largest absolute Gasteiger partial charge is 0.436 e. The molecule has 0 radical (unpaired) electrons. The van der Waals surface area contributed by atoms with Gasteiger partial charge in [0.25, 0.3) is 0 Å². The molecule has 1 N–H and O–H groups in total. The van der Waals surface area contributed by atoms with E-state index >= 15 is 0 Å². The van der Waals surface area contributed by atoms with Gasteiger partial charge >= 0.3 is 6.18 Å². The molecular weight excluding hydrogens is 355 g/mol. The Labute approximate surface area is 150 Å². The summed E-state index contributed by atoms with van der Waals surface area (Å²) in [5.41, 5.74) is -0.870. The van der Waals surface area contributed by atoms with Crippen molar-refractivity contribution < 1.29 is 18.0 Å². The highest BCUT2D eigenvalue weighted by Crippen LogP contribution is 2.49. The average molecular weight is 378 g/mol. The van der Waals surface area contributed by atoms with E-state index in [0.29, 0.717) is 11.8 Å². The second-order valence-corrected chi connectivity index (χ2v) is 7.79. The van der Waals surface area contributed by atoms with Crippen LogP contribution in [0.2, 0.25) is 5.02 Å². The number of hydrogen-bond donors (Lipinski definition) is 1. The Hall–Kier alpha value is -1.24. The van der Waals surface area contributed by atoms with Gasteiger partial charge in [-0.25, -0.2) is 0 Å². The van der Waals surface area contributed by atoms with Crippen molar-refractivity contribution in [2.45, 2.75) is 64.7 Å². The van der Waals surface area contributed by atoms with Crippen LogP contribution in [0.5, 0.6) is 0 Å². The highest BCUT2D eigenvalue weighted by Gasteiger charge is 2.42. The van der Waals surface area contributed by atoms with Crippen LogP contribution >= 0.6 is 11.6 Å². The van der Waals surface area contributed by atoms with Crippen LogP contribution in [0.15, 0.2) is 0 Å². The van der Waals surface area contributed by atoms with Gasteiger partial charge in [-0.3, -0.25) is 9.48 Å². The molecule has 2 aliphatic carbocycles. The maximum absolute atomic E-state index is 12.8. The number of nitrogens with zero attached hydrogens (tertiary/aromatic N) is 2. The lowest BCUT2D eigenvalue weighted by Crippen LogP contribution is -2.40. The summed E-state index contributed by atoms with van der Waals surface area (Å²) in [5, 5.41) is 6.13. The van der Waals surface area contributed by atoms with Gasteiger partial charge in [-0.1, -0.05) is 18.0 Å². The van der Waals surface area contributed by atoms with Crippen LogP contribution < -0.4 is 5.32 Å². The number of carbonyl (C=O) groups excluding carboxylic acids is 1. The van der Waals surface area contributed by atoms with Gasteiger partial charge in [0.15, 0.2) is 5.69 Å². The van der Waals surface area contributed by atoms with Crippen molar-refractivity contribution in [3.63, 3.8) is 0 Å². The van der Waals surface area contributed by atoms with E-state index in [1.54, 1.807) is 0 Å². The zero-order valence-corrected chi connectivity index (χ0v) is 15.1. The van der Waals surface area contributed by atoms with Gasteiger partial charge in [-0.2, -0.15) is 18.3 Å². The number of carbonyl (C=O) groups is 1. The number of amides is 1. The molecule has 2 bridgehead atoms. The summed E-state index contributed by atoms with van der Waals surface area (Å²) < 4.78 is 39.6. The van der Waals surface area contributed by atoms with Crippen molar-refractivity contribution >= 4 is 17.5 Å². The van der Waals surface area contributed by atoms with Crippen LogP contribution in [0.3, 0.4) is 0 Å². The first-order chi connectivity index (χ1) is 11.7. The fourth-order valence-electron chi connectivity index (χ4n) is 4.47. The standard InChI is InChI=1S/C17H23ClF3N3O/c1-9(13-8-11-3-4-12(13)7-11)22-14(25)5-6-24-10(2)15(18)16(23-24)17(19,20)21/h9,11-13H,3-8H2,1-2H3,(H,22,25)/t9-,11-,12-,13-/m1/s1. The molecule has 2 fully saturated rings. The van der Waals surface area contributed by atoms with Gasteiger partial charge in [0, 0.05) is 12.5 Å². The molecule has 0 spiro atoms. The fourth-order valence-corrected chi connectivity index (χ4v) is 4.71. The Morgan fingerprint density at radius 3 is 2.64 bits per heavy atom. The van der Waals surface area contributed by atoms with E-state index < -0.39 is 16.9 Å². The first-order valence-corrected chi connectivity index (χ1v) is 9.14. The van der Waals surface area contributed by atoms with Crippen molar-refractivity contribution in [3.8, 4) is 0 Å². The lowest BCUT2D eigenvalue weighted by atomic mass is 9.84. The van der Waals surface area contributed by atoms with E-state index in [-0.39, 0.29) is 30.6 Å². The molecule has 1 amide bonds. The van der Waals surface area contributed by atoms with Crippen LogP contribution in [-0.2, 0) is 17.5 Å². The monoisotopic (exact) mass is 377 g/mol. The van der Waals surface area contributed by atoms with Gasteiger partial charge in [0.05, 0.1) is 17.3 Å². The number of hydrogen-bond acceptors (Lipinski definition) is 2. The topological polar surface area (TPSA) is 46.9 Å². The number of aryl methyl sites for hydroxylation is 1. The minimum absolute atomic E-state index is 0.0803. The van der Waals surface area contributed by atoms with Crippen LogP contribution in [0.4, 0.5) is 13.2 Å². The zero-order chi connectivity index (χ0) is 18.4. The fraction of sp³-hybridized carbons (Fsp3) is 0.765. The molecule has 8 heteroatoms. The number of alkyl halides is 3. The molecule has 1 heterocycles. The van der Waals surface area contributed by atoms with E-state index in [1.165, 1.54) is 32.6 Å². The molecule has 4 nitrogen and oxygen atoms in total. The first-order valence-electron chi connectivity index (χ1n) is 8.76. The first kappa shape index (κ1) is 18.5. The molecule has 25 heavy (non-hydrogen) atoms. The quantitative estimate of drug-likeness (QED) is 0.836. The molecule has 0 aliphatic heterocycles. The number of rotatable bonds is 5. The van der Waals surface area contributed by atoms with Crippen molar-refractivity contribution in [2.75, 3.05) is 0 Å². The molecule has 1 aromatic heterocycles. The minimum Gasteiger partial charge on any atom is -0.353 e. The van der Waals surface area contributed by atoms with Crippen molar-refractivity contribution in [1.29, 1.82) is 0 Å². The molecule has 0 saturated heterocycles. The Kier molecular flexibility index (Phi) is 5.06. The SMILES string of the molecule is Cc1c(Cl)c(C(F)(F)F)nn1CCC(=O)N[C@H](C)[C@H]1C[C@@H]2CC[C@@H]1C2. The molecule has 0 aromatic carbocycles. The van der Waals surface area contributed by atoms with E-state index in [9.17, 15) is 18.0 Å². The summed E-state index contributed by atoms with van der Waals surface area (Å²) >= 11 is 5.72. The lowest BCUT2D eigenvalue weighted by Gasteiger charge is -2.28. The molecule has 2 aliphatic rings. The molecule has 140 valence electrons. The second kappa shape index (κ2) is 6.82. The maximum Gasteiger partial charge on any atom is 0.436 e. The molecule has 3 rings (SSSR count). The highest BCUT2D eigenvalue weighted by molar-refractivity contribution is 6.31. The summed E-state index contributed by atoms with van der Waals surface area (Å²) in [6.07, 6.45) is 0.501. The van der Waals surface area contributed by atoms with E-state index in [1.807, 2.05) is 6.92 Å². The van der Waals surface area contributed by atoms with Crippen molar-refractivity contribution in [2.24, 2.45) is 17.8 Å². The number of halogens is 4. The van der Waals surface area contributed by atoms with Gasteiger partial charge in [-0.15, -0.1) is 0 Å². The third kappa shape index (κ3) is 3.81. The molecule has 4 atom stereocenters. The molecular formula is C17H23ClF3N3O.